The van der Waals surface area contributed by atoms with Crippen molar-refractivity contribution in [2.75, 3.05) is 12.8 Å². The summed E-state index contributed by atoms with van der Waals surface area (Å²) in [4.78, 5) is 10.6. The second-order valence-corrected chi connectivity index (χ2v) is 4.29. The molecule has 0 atom stereocenters. The average Bonchev–Trinajstić information content (AvgIpc) is 2.47. The van der Waals surface area contributed by atoms with Gasteiger partial charge in [0.2, 0.25) is 0 Å². The summed E-state index contributed by atoms with van der Waals surface area (Å²) in [5.74, 6) is 0.570. The van der Waals surface area contributed by atoms with Gasteiger partial charge in [-0.2, -0.15) is 10.2 Å². The van der Waals surface area contributed by atoms with Gasteiger partial charge in [0.1, 0.15) is 12.0 Å². The van der Waals surface area contributed by atoms with Gasteiger partial charge in [-0.15, -0.1) is 0 Å². The number of ether oxygens (including phenoxy) is 1. The zero-order valence-corrected chi connectivity index (χ0v) is 11.3. The molecule has 0 bridgehead atoms. The summed E-state index contributed by atoms with van der Waals surface area (Å²) in [5.41, 5.74) is 9.26. The minimum absolute atomic E-state index is 0.569. The van der Waals surface area contributed by atoms with Gasteiger partial charge in [-0.05, 0) is 42.8 Å². The predicted octanol–water partition coefficient (Wildman–Crippen LogP) is 3.81. The zero-order chi connectivity index (χ0) is 14.5. The number of aryl methyl sites for hydroxylation is 1. The Labute approximate surface area is 117 Å². The van der Waals surface area contributed by atoms with Gasteiger partial charge in [0.25, 0.3) is 0 Å². The molecule has 0 fully saturated rings. The molecule has 2 N–H and O–H groups in total. The molecule has 2 aromatic carbocycles. The highest BCUT2D eigenvalue weighted by Crippen LogP contribution is 2.31. The van der Waals surface area contributed by atoms with Gasteiger partial charge in [-0.25, -0.2) is 0 Å². The lowest BCUT2D eigenvalue weighted by Crippen LogP contribution is -1.92. The molecule has 0 aromatic heterocycles. The summed E-state index contributed by atoms with van der Waals surface area (Å²) >= 11 is 0. The molecule has 5 heteroatoms. The number of nitrogens with zero attached hydrogens (tertiary/aromatic N) is 2. The summed E-state index contributed by atoms with van der Waals surface area (Å²) in [7, 11) is 1.56. The molecule has 20 heavy (non-hydrogen) atoms. The molecule has 0 unspecified atom stereocenters. The summed E-state index contributed by atoms with van der Waals surface area (Å²) in [6.07, 6.45) is 0.788. The molecular weight excluding hydrogens is 254 g/mol. The maximum absolute atomic E-state index is 10.6. The Morgan fingerprint density at radius 2 is 1.85 bits per heavy atom. The van der Waals surface area contributed by atoms with Crippen molar-refractivity contribution < 1.29 is 9.53 Å². The lowest BCUT2D eigenvalue weighted by atomic mass is 10.1. The Kier molecular flexibility index (Phi) is 4.10. The third kappa shape index (κ3) is 3.00. The third-order valence-electron chi connectivity index (χ3n) is 2.85. The Bertz CT molecular complexity index is 649. The van der Waals surface area contributed by atoms with Crippen LogP contribution in [0.5, 0.6) is 5.75 Å². The van der Waals surface area contributed by atoms with Crippen LogP contribution in [-0.2, 0) is 0 Å². The van der Waals surface area contributed by atoms with Crippen LogP contribution in [0.15, 0.2) is 46.6 Å². The molecule has 0 aliphatic heterocycles. The molecule has 0 saturated heterocycles. The fourth-order valence-corrected chi connectivity index (χ4v) is 1.72. The minimum atomic E-state index is 0.569. The van der Waals surface area contributed by atoms with E-state index in [1.165, 1.54) is 0 Å². The maximum atomic E-state index is 10.6. The van der Waals surface area contributed by atoms with Crippen LogP contribution in [0.1, 0.15) is 15.9 Å². The Morgan fingerprint density at radius 1 is 1.15 bits per heavy atom. The van der Waals surface area contributed by atoms with Crippen LogP contribution in [0.3, 0.4) is 0 Å². The molecule has 5 nitrogen and oxygen atoms in total. The number of nitrogens with two attached hydrogens (primary N) is 1. The molecule has 0 spiro atoms. The Hall–Kier alpha value is -2.69. The maximum Gasteiger partial charge on any atom is 0.150 e. The molecule has 0 aliphatic rings. The molecular formula is C15H15N3O2. The number of rotatable bonds is 4. The van der Waals surface area contributed by atoms with E-state index in [0.717, 1.165) is 11.8 Å². The smallest absolute Gasteiger partial charge is 0.150 e. The SMILES string of the molecule is COc1cc(N=Nc2ccc(C=O)cc2)c(C)cc1N. The van der Waals surface area contributed by atoms with Crippen molar-refractivity contribution in [1.82, 2.24) is 0 Å². The quantitative estimate of drug-likeness (QED) is 0.520. The van der Waals surface area contributed by atoms with Crippen molar-refractivity contribution in [2.45, 2.75) is 6.92 Å². The van der Waals surface area contributed by atoms with E-state index in [4.69, 9.17) is 10.5 Å². The van der Waals surface area contributed by atoms with Crippen LogP contribution >= 0.6 is 0 Å². The molecule has 2 aromatic rings. The fraction of sp³-hybridized carbons (Fsp3) is 0.133. The van der Waals surface area contributed by atoms with Crippen molar-refractivity contribution in [1.29, 1.82) is 0 Å². The molecule has 2 rings (SSSR count). The number of methoxy groups -OCH3 is 1. The molecule has 102 valence electrons. The van der Waals surface area contributed by atoms with E-state index in [2.05, 4.69) is 10.2 Å². The van der Waals surface area contributed by atoms with Crippen LogP contribution in [0.25, 0.3) is 0 Å². The van der Waals surface area contributed by atoms with E-state index in [-0.39, 0.29) is 0 Å². The van der Waals surface area contributed by atoms with Crippen molar-refractivity contribution in [3.63, 3.8) is 0 Å². The number of azo groups is 1. The summed E-state index contributed by atoms with van der Waals surface area (Å²) in [6, 6.07) is 10.4. The van der Waals surface area contributed by atoms with Gasteiger partial charge in [0.05, 0.1) is 24.2 Å². The van der Waals surface area contributed by atoms with Gasteiger partial charge in [0, 0.05) is 11.6 Å². The number of carbonyl (C=O) groups is 1. The zero-order valence-electron chi connectivity index (χ0n) is 11.3. The highest BCUT2D eigenvalue weighted by Gasteiger charge is 2.04. The van der Waals surface area contributed by atoms with Gasteiger partial charge in [0.15, 0.2) is 0 Å². The number of aldehydes is 1. The van der Waals surface area contributed by atoms with E-state index < -0.39 is 0 Å². The number of carbonyl (C=O) groups excluding carboxylic acids is 1. The highest BCUT2D eigenvalue weighted by atomic mass is 16.5. The first-order valence-electron chi connectivity index (χ1n) is 6.05. The van der Waals surface area contributed by atoms with E-state index in [9.17, 15) is 4.79 Å². The van der Waals surface area contributed by atoms with E-state index in [1.807, 2.05) is 6.92 Å². The molecule has 0 amide bonds. The van der Waals surface area contributed by atoms with Crippen molar-refractivity contribution in [3.8, 4) is 5.75 Å². The molecule has 0 heterocycles. The summed E-state index contributed by atoms with van der Waals surface area (Å²) in [6.45, 7) is 1.90. The van der Waals surface area contributed by atoms with Crippen LogP contribution in [0, 0.1) is 6.92 Å². The first-order valence-corrected chi connectivity index (χ1v) is 6.05. The topological polar surface area (TPSA) is 77.0 Å². The van der Waals surface area contributed by atoms with E-state index >= 15 is 0 Å². The number of hydrogen-bond acceptors (Lipinski definition) is 5. The average molecular weight is 269 g/mol. The Morgan fingerprint density at radius 3 is 2.45 bits per heavy atom. The Balaban J connectivity index is 2.28. The van der Waals surface area contributed by atoms with Crippen molar-refractivity contribution >= 4 is 23.3 Å². The minimum Gasteiger partial charge on any atom is -0.495 e. The molecule has 0 saturated carbocycles. The third-order valence-corrected chi connectivity index (χ3v) is 2.85. The normalized spacial score (nSPS) is 10.7. The second kappa shape index (κ2) is 5.97. The van der Waals surface area contributed by atoms with Gasteiger partial charge in [-0.1, -0.05) is 0 Å². The number of benzene rings is 2. The summed E-state index contributed by atoms with van der Waals surface area (Å²) in [5, 5.41) is 8.31. The van der Waals surface area contributed by atoms with E-state index in [0.29, 0.717) is 28.4 Å². The standard InChI is InChI=1S/C15H15N3O2/c1-10-7-13(16)15(20-2)8-14(10)18-17-12-5-3-11(9-19)4-6-12/h3-9H,16H2,1-2H3. The van der Waals surface area contributed by atoms with Crippen LogP contribution in [-0.4, -0.2) is 13.4 Å². The van der Waals surface area contributed by atoms with Crippen molar-refractivity contribution in [3.05, 3.63) is 47.5 Å². The number of nitrogen functional groups attached to an aromatic ring is 1. The molecule has 0 aliphatic carbocycles. The van der Waals surface area contributed by atoms with Gasteiger partial charge in [-0.3, -0.25) is 4.79 Å². The van der Waals surface area contributed by atoms with Crippen LogP contribution in [0.2, 0.25) is 0 Å². The van der Waals surface area contributed by atoms with Crippen LogP contribution < -0.4 is 10.5 Å². The number of hydrogen-bond donors (Lipinski definition) is 1. The van der Waals surface area contributed by atoms with Crippen molar-refractivity contribution in [2.24, 2.45) is 10.2 Å². The molecule has 0 radical (unpaired) electrons. The second-order valence-electron chi connectivity index (χ2n) is 4.29. The highest BCUT2D eigenvalue weighted by molar-refractivity contribution is 5.75. The largest absolute Gasteiger partial charge is 0.495 e. The van der Waals surface area contributed by atoms with Gasteiger partial charge < -0.3 is 10.5 Å². The lowest BCUT2D eigenvalue weighted by Gasteiger charge is -2.07. The lowest BCUT2D eigenvalue weighted by molar-refractivity contribution is 0.112. The summed E-state index contributed by atoms with van der Waals surface area (Å²) < 4.78 is 5.16. The number of anilines is 1. The van der Waals surface area contributed by atoms with Gasteiger partial charge >= 0.3 is 0 Å². The monoisotopic (exact) mass is 269 g/mol. The van der Waals surface area contributed by atoms with Crippen LogP contribution in [0.4, 0.5) is 17.1 Å². The first-order chi connectivity index (χ1) is 9.63. The predicted molar refractivity (Wildman–Crippen MR) is 78.1 cm³/mol. The van der Waals surface area contributed by atoms with E-state index in [1.54, 1.807) is 43.5 Å². The first kappa shape index (κ1) is 13.7. The fourth-order valence-electron chi connectivity index (χ4n) is 1.72.